The Labute approximate surface area is 138 Å². The highest BCUT2D eigenvalue weighted by atomic mass is 16.6. The Hall–Kier alpha value is -2.30. The fourth-order valence-corrected chi connectivity index (χ4v) is 1.94. The highest BCUT2D eigenvalue weighted by Gasteiger charge is 2.24. The molecular formula is C18H26N2O3. The molecule has 5 heteroatoms. The summed E-state index contributed by atoms with van der Waals surface area (Å²) < 4.78 is 5.22. The van der Waals surface area contributed by atoms with Crippen molar-refractivity contribution in [3.63, 3.8) is 0 Å². The summed E-state index contributed by atoms with van der Waals surface area (Å²) >= 11 is 0. The van der Waals surface area contributed by atoms with Crippen molar-refractivity contribution < 1.29 is 14.3 Å². The van der Waals surface area contributed by atoms with Crippen LogP contribution in [0.25, 0.3) is 0 Å². The van der Waals surface area contributed by atoms with Crippen LogP contribution in [0.3, 0.4) is 0 Å². The van der Waals surface area contributed by atoms with E-state index in [1.54, 1.807) is 39.0 Å². The Bertz CT molecular complexity index is 521. The molecular weight excluding hydrogens is 292 g/mol. The van der Waals surface area contributed by atoms with Crippen molar-refractivity contribution in [3.05, 3.63) is 43.0 Å². The van der Waals surface area contributed by atoms with Gasteiger partial charge in [0.05, 0.1) is 0 Å². The number of carbonyl (C=O) groups is 2. The van der Waals surface area contributed by atoms with Crippen molar-refractivity contribution in [2.75, 3.05) is 5.32 Å². The molecule has 2 N–H and O–H groups in total. The van der Waals surface area contributed by atoms with Gasteiger partial charge in [0.1, 0.15) is 11.6 Å². The largest absolute Gasteiger partial charge is 0.444 e. The first-order valence-corrected chi connectivity index (χ1v) is 7.78. The first-order valence-electron chi connectivity index (χ1n) is 7.78. The Morgan fingerprint density at radius 2 is 1.91 bits per heavy atom. The quantitative estimate of drug-likeness (QED) is 0.592. The van der Waals surface area contributed by atoms with Crippen LogP contribution in [0.2, 0.25) is 0 Å². The number of benzene rings is 1. The van der Waals surface area contributed by atoms with Gasteiger partial charge in [0.2, 0.25) is 5.91 Å². The third kappa shape index (κ3) is 8.04. The lowest BCUT2D eigenvalue weighted by Crippen LogP contribution is -2.45. The third-order valence-electron chi connectivity index (χ3n) is 2.95. The minimum Gasteiger partial charge on any atom is -0.444 e. The lowest BCUT2D eigenvalue weighted by Gasteiger charge is -2.23. The molecule has 5 nitrogen and oxygen atoms in total. The van der Waals surface area contributed by atoms with Gasteiger partial charge in [-0.25, -0.2) is 4.79 Å². The molecule has 126 valence electrons. The van der Waals surface area contributed by atoms with E-state index in [4.69, 9.17) is 4.74 Å². The number of ether oxygens (including phenoxy) is 1. The zero-order chi connectivity index (χ0) is 17.3. The molecule has 1 atom stereocenters. The zero-order valence-electron chi connectivity index (χ0n) is 14.1. The predicted octanol–water partition coefficient (Wildman–Crippen LogP) is 3.87. The molecule has 0 bridgehead atoms. The number of nitrogens with one attached hydrogen (secondary N) is 2. The number of unbranched alkanes of at least 4 members (excludes halogenated alkanes) is 1. The maximum absolute atomic E-state index is 12.4. The number of amides is 2. The van der Waals surface area contributed by atoms with Crippen molar-refractivity contribution in [1.82, 2.24) is 5.32 Å². The van der Waals surface area contributed by atoms with Crippen LogP contribution in [0, 0.1) is 0 Å². The molecule has 0 saturated carbocycles. The molecule has 1 rings (SSSR count). The van der Waals surface area contributed by atoms with Gasteiger partial charge in [-0.3, -0.25) is 4.79 Å². The molecule has 2 amide bonds. The molecule has 0 aliphatic carbocycles. The monoisotopic (exact) mass is 318 g/mol. The molecule has 0 radical (unpaired) electrons. The fraction of sp³-hybridized carbons (Fsp3) is 0.444. The lowest BCUT2D eigenvalue weighted by atomic mass is 10.1. The summed E-state index contributed by atoms with van der Waals surface area (Å²) in [6.07, 6.45) is 3.25. The van der Waals surface area contributed by atoms with E-state index >= 15 is 0 Å². The molecule has 1 aromatic carbocycles. The van der Waals surface area contributed by atoms with Gasteiger partial charge in [0.25, 0.3) is 0 Å². The van der Waals surface area contributed by atoms with Gasteiger partial charge in [-0.1, -0.05) is 24.3 Å². The summed E-state index contributed by atoms with van der Waals surface area (Å²) in [4.78, 5) is 24.3. The second-order valence-electron chi connectivity index (χ2n) is 6.27. The van der Waals surface area contributed by atoms with Crippen LogP contribution in [-0.2, 0) is 9.53 Å². The summed E-state index contributed by atoms with van der Waals surface area (Å²) in [5.41, 5.74) is 0.0864. The van der Waals surface area contributed by atoms with Gasteiger partial charge in [-0.15, -0.1) is 6.58 Å². The maximum Gasteiger partial charge on any atom is 0.408 e. The Morgan fingerprint density at radius 3 is 2.48 bits per heavy atom. The minimum atomic E-state index is -0.648. The van der Waals surface area contributed by atoms with E-state index in [9.17, 15) is 9.59 Å². The number of hydrogen-bond acceptors (Lipinski definition) is 3. The molecule has 0 spiro atoms. The number of carbonyl (C=O) groups excluding carboxylic acids is 2. The SMILES string of the molecule is C=CCCCC(NC(=O)OC(C)(C)C)C(=O)Nc1ccccc1. The topological polar surface area (TPSA) is 67.4 Å². The molecule has 0 heterocycles. The van der Waals surface area contributed by atoms with Gasteiger partial charge in [0.15, 0.2) is 0 Å². The minimum absolute atomic E-state index is 0.258. The van der Waals surface area contributed by atoms with Crippen molar-refractivity contribution in [2.45, 2.75) is 51.7 Å². The van der Waals surface area contributed by atoms with Gasteiger partial charge < -0.3 is 15.4 Å². The first-order chi connectivity index (χ1) is 10.8. The maximum atomic E-state index is 12.4. The van der Waals surface area contributed by atoms with E-state index in [-0.39, 0.29) is 5.91 Å². The van der Waals surface area contributed by atoms with Crippen LogP contribution in [0.1, 0.15) is 40.0 Å². The highest BCUT2D eigenvalue weighted by molar-refractivity contribution is 5.96. The second-order valence-corrected chi connectivity index (χ2v) is 6.27. The fourth-order valence-electron chi connectivity index (χ4n) is 1.94. The Balaban J connectivity index is 2.68. The zero-order valence-corrected chi connectivity index (χ0v) is 14.1. The van der Waals surface area contributed by atoms with E-state index in [1.165, 1.54) is 0 Å². The van der Waals surface area contributed by atoms with Crippen molar-refractivity contribution in [2.24, 2.45) is 0 Å². The van der Waals surface area contributed by atoms with Gasteiger partial charge >= 0.3 is 6.09 Å². The van der Waals surface area contributed by atoms with Crippen LogP contribution in [-0.4, -0.2) is 23.6 Å². The summed E-state index contributed by atoms with van der Waals surface area (Å²) in [7, 11) is 0. The molecule has 0 aromatic heterocycles. The summed E-state index contributed by atoms with van der Waals surface area (Å²) in [6, 6.07) is 8.49. The number of rotatable bonds is 7. The van der Waals surface area contributed by atoms with Gasteiger partial charge in [0, 0.05) is 5.69 Å². The van der Waals surface area contributed by atoms with E-state index < -0.39 is 17.7 Å². The van der Waals surface area contributed by atoms with Crippen molar-refractivity contribution in [3.8, 4) is 0 Å². The predicted molar refractivity (Wildman–Crippen MR) is 92.3 cm³/mol. The van der Waals surface area contributed by atoms with Crippen LogP contribution in [0.15, 0.2) is 43.0 Å². The molecule has 1 unspecified atom stereocenters. The second kappa shape index (κ2) is 8.98. The van der Waals surface area contributed by atoms with Gasteiger partial charge in [-0.05, 0) is 52.2 Å². The number of para-hydroxylation sites is 1. The molecule has 0 saturated heterocycles. The Morgan fingerprint density at radius 1 is 1.26 bits per heavy atom. The van der Waals surface area contributed by atoms with E-state index in [0.717, 1.165) is 12.8 Å². The van der Waals surface area contributed by atoms with Crippen molar-refractivity contribution >= 4 is 17.7 Å². The number of allylic oxidation sites excluding steroid dienone is 1. The molecule has 23 heavy (non-hydrogen) atoms. The van der Waals surface area contributed by atoms with E-state index in [2.05, 4.69) is 17.2 Å². The van der Waals surface area contributed by atoms with Crippen molar-refractivity contribution in [1.29, 1.82) is 0 Å². The number of alkyl carbamates (subject to hydrolysis) is 1. The van der Waals surface area contributed by atoms with Crippen LogP contribution in [0.5, 0.6) is 0 Å². The smallest absolute Gasteiger partial charge is 0.408 e. The van der Waals surface area contributed by atoms with Crippen LogP contribution in [0.4, 0.5) is 10.5 Å². The average molecular weight is 318 g/mol. The molecule has 1 aromatic rings. The van der Waals surface area contributed by atoms with Gasteiger partial charge in [-0.2, -0.15) is 0 Å². The normalized spacial score (nSPS) is 12.1. The summed E-state index contributed by atoms with van der Waals surface area (Å²) in [6.45, 7) is 9.01. The molecule has 0 aliphatic rings. The highest BCUT2D eigenvalue weighted by Crippen LogP contribution is 2.11. The first kappa shape index (κ1) is 18.7. The molecule has 0 fully saturated rings. The number of hydrogen-bond donors (Lipinski definition) is 2. The van der Waals surface area contributed by atoms with E-state index in [1.807, 2.05) is 18.2 Å². The lowest BCUT2D eigenvalue weighted by molar-refractivity contribution is -0.118. The summed E-state index contributed by atoms with van der Waals surface area (Å²) in [5.74, 6) is -0.258. The molecule has 0 aliphatic heterocycles. The summed E-state index contributed by atoms with van der Waals surface area (Å²) in [5, 5.41) is 5.45. The average Bonchev–Trinajstić information content (AvgIpc) is 2.45. The van der Waals surface area contributed by atoms with E-state index in [0.29, 0.717) is 12.1 Å². The standard InChI is InChI=1S/C18H26N2O3/c1-5-6-8-13-15(20-17(22)23-18(2,3)4)16(21)19-14-11-9-7-10-12-14/h5,7,9-12,15H,1,6,8,13H2,2-4H3,(H,19,21)(H,20,22). The third-order valence-corrected chi connectivity index (χ3v) is 2.95. The number of anilines is 1. The Kier molecular flexibility index (Phi) is 7.32. The van der Waals surface area contributed by atoms with Crippen LogP contribution < -0.4 is 10.6 Å². The van der Waals surface area contributed by atoms with Crippen LogP contribution >= 0.6 is 0 Å².